The number of hydrazine groups is 1. The van der Waals surface area contributed by atoms with Gasteiger partial charge in [-0.15, -0.1) is 5.11 Å². The van der Waals surface area contributed by atoms with Gasteiger partial charge < -0.3 is 10.5 Å². The van der Waals surface area contributed by atoms with Crippen LogP contribution in [-0.2, 0) is 0 Å². The van der Waals surface area contributed by atoms with Crippen LogP contribution in [0.2, 0.25) is 0 Å². The average Bonchev–Trinajstić information content (AvgIpc) is 1.90. The highest BCUT2D eigenvalue weighted by atomic mass is 16.2. The molecule has 0 spiro atoms. The summed E-state index contributed by atoms with van der Waals surface area (Å²) in [6, 6.07) is 0. The van der Waals surface area contributed by atoms with Gasteiger partial charge >= 0.3 is 0 Å². The smallest absolute Gasteiger partial charge is 0.128 e. The zero-order valence-electron chi connectivity index (χ0n) is 4.94. The predicted octanol–water partition coefficient (Wildman–Crippen LogP) is -0.0938. The molecule has 1 atom stereocenters. The summed E-state index contributed by atoms with van der Waals surface area (Å²) in [5.41, 5.74) is 5.91. The molecule has 0 amide bonds. The van der Waals surface area contributed by atoms with Crippen molar-refractivity contribution in [3.8, 4) is 0 Å². The van der Waals surface area contributed by atoms with Crippen molar-refractivity contribution >= 4 is 5.84 Å². The van der Waals surface area contributed by atoms with E-state index in [-0.39, 0.29) is 0 Å². The van der Waals surface area contributed by atoms with Crippen molar-refractivity contribution in [1.82, 2.24) is 5.43 Å². The van der Waals surface area contributed by atoms with Crippen molar-refractivity contribution in [2.75, 3.05) is 0 Å². The number of nitrogens with one attached hydrogen (secondary N) is 1. The number of nitrogens with zero attached hydrogens (tertiary/aromatic N) is 4. The van der Waals surface area contributed by atoms with Gasteiger partial charge in [-0.05, 0) is 6.92 Å². The number of hydrogen-bond donors (Lipinski definition) is 2. The molecular formula is C3H7N6-. The van der Waals surface area contributed by atoms with Gasteiger partial charge in [0.2, 0.25) is 0 Å². The molecule has 6 nitrogen and oxygen atoms in total. The van der Waals surface area contributed by atoms with Crippen LogP contribution in [0.5, 0.6) is 0 Å². The van der Waals surface area contributed by atoms with Crippen LogP contribution in [0.25, 0.3) is 5.43 Å². The van der Waals surface area contributed by atoms with Crippen LogP contribution in [-0.4, -0.2) is 12.1 Å². The summed E-state index contributed by atoms with van der Waals surface area (Å²) in [5.74, 6) is 5.52. The van der Waals surface area contributed by atoms with Gasteiger partial charge in [0.05, 0.1) is 6.29 Å². The highest BCUT2D eigenvalue weighted by molar-refractivity contribution is 5.80. The van der Waals surface area contributed by atoms with Crippen LogP contribution >= 0.6 is 0 Å². The first kappa shape index (κ1) is 6.12. The van der Waals surface area contributed by atoms with E-state index in [1.807, 2.05) is 0 Å². The molecule has 0 saturated carbocycles. The maximum Gasteiger partial charge on any atom is 0.128 e. The van der Waals surface area contributed by atoms with Crippen molar-refractivity contribution in [2.45, 2.75) is 13.2 Å². The SMILES string of the molecule is CC1=N[N-]C([15NH][15NH2])N=N1. The number of nitrogens with two attached hydrogens (primary N) is 1. The van der Waals surface area contributed by atoms with Crippen LogP contribution in [0.15, 0.2) is 15.3 Å². The Morgan fingerprint density at radius 1 is 1.78 bits per heavy atom. The number of azo groups is 1. The normalized spacial score (nSPS) is 25.1. The molecule has 0 saturated heterocycles. The second-order valence-corrected chi connectivity index (χ2v) is 1.52. The molecule has 0 aliphatic carbocycles. The van der Waals surface area contributed by atoms with Gasteiger partial charge in [-0.2, -0.15) is 5.11 Å². The first-order valence-electron chi connectivity index (χ1n) is 2.44. The average molecular weight is 129 g/mol. The Labute approximate surface area is 52.2 Å². The first-order chi connectivity index (χ1) is 4.33. The Hall–Kier alpha value is -1.01. The van der Waals surface area contributed by atoms with Crippen LogP contribution in [0.3, 0.4) is 0 Å². The molecule has 9 heavy (non-hydrogen) atoms. The summed E-state index contributed by atoms with van der Waals surface area (Å²) in [4.78, 5) is 0. The van der Waals surface area contributed by atoms with Gasteiger partial charge in [0, 0.05) is 0 Å². The van der Waals surface area contributed by atoms with Crippen LogP contribution in [0.1, 0.15) is 6.92 Å². The fraction of sp³-hybridized carbons (Fsp3) is 0.667. The third-order valence-corrected chi connectivity index (χ3v) is 0.773. The van der Waals surface area contributed by atoms with Crippen LogP contribution in [0.4, 0.5) is 0 Å². The Morgan fingerprint density at radius 3 is 3.00 bits per heavy atom. The molecule has 0 aromatic rings. The molecule has 50 valence electrons. The minimum absolute atomic E-state index is 0.506. The lowest BCUT2D eigenvalue weighted by molar-refractivity contribution is 0.584. The van der Waals surface area contributed by atoms with E-state index in [4.69, 9.17) is 5.84 Å². The van der Waals surface area contributed by atoms with Crippen molar-refractivity contribution < 1.29 is 0 Å². The van der Waals surface area contributed by atoms with E-state index in [2.05, 4.69) is 26.2 Å². The van der Waals surface area contributed by atoms with Crippen molar-refractivity contribution in [3.05, 3.63) is 5.43 Å². The summed E-state index contributed by atoms with van der Waals surface area (Å²) in [5, 5.41) is 10.9. The molecule has 1 unspecified atom stereocenters. The molecule has 0 bridgehead atoms. The summed E-state index contributed by atoms with van der Waals surface area (Å²) >= 11 is 0. The van der Waals surface area contributed by atoms with Crippen molar-refractivity contribution in [1.29, 1.82) is 0 Å². The largest absolute Gasteiger partial charge is 0.565 e. The molecule has 0 aromatic carbocycles. The highest BCUT2D eigenvalue weighted by Crippen LogP contribution is 2.05. The molecule has 1 aliphatic rings. The standard InChI is InChI=1S/C3H7N6/c1-2-6-8-3(5-4)9-7-2/h3,5H,4H2,1H3/q-1/i4+1,5+1. The number of rotatable bonds is 1. The summed E-state index contributed by atoms with van der Waals surface area (Å²) in [6.45, 7) is 1.71. The summed E-state index contributed by atoms with van der Waals surface area (Å²) in [7, 11) is 0. The summed E-state index contributed by atoms with van der Waals surface area (Å²) in [6.07, 6.45) is -0.506. The Kier molecular flexibility index (Phi) is 1.71. The first-order valence-corrected chi connectivity index (χ1v) is 2.44. The Balaban J connectivity index is 2.48. The maximum atomic E-state index is 4.98. The lowest BCUT2D eigenvalue weighted by Crippen LogP contribution is -2.33. The molecule has 1 rings (SSSR count). The van der Waals surface area contributed by atoms with Gasteiger partial charge in [0.15, 0.2) is 0 Å². The molecule has 1 heterocycles. The van der Waals surface area contributed by atoms with Gasteiger partial charge in [-0.3, -0.25) is 11.3 Å². The van der Waals surface area contributed by atoms with Crippen LogP contribution in [0, 0.1) is 0 Å². The zero-order valence-corrected chi connectivity index (χ0v) is 4.94. The Bertz CT molecular complexity index is 148. The minimum Gasteiger partial charge on any atom is -0.565 e. The van der Waals surface area contributed by atoms with Crippen molar-refractivity contribution in [2.24, 2.45) is 21.2 Å². The van der Waals surface area contributed by atoms with Gasteiger partial charge in [0.25, 0.3) is 0 Å². The third-order valence-electron chi connectivity index (χ3n) is 0.773. The fourth-order valence-corrected chi connectivity index (χ4v) is 0.386. The second-order valence-electron chi connectivity index (χ2n) is 1.52. The molecule has 1 aliphatic heterocycles. The topological polar surface area (TPSA) is 89.2 Å². The number of amidine groups is 1. The van der Waals surface area contributed by atoms with E-state index in [1.165, 1.54) is 0 Å². The molecule has 3 N–H and O–H groups in total. The lowest BCUT2D eigenvalue weighted by Gasteiger charge is -2.25. The quantitative estimate of drug-likeness (QED) is 0.294. The molecule has 0 radical (unpaired) electrons. The molecular weight excluding hydrogens is 122 g/mol. The van der Waals surface area contributed by atoms with Crippen LogP contribution < -0.4 is 11.3 Å². The van der Waals surface area contributed by atoms with Gasteiger partial charge in [-0.25, -0.2) is 0 Å². The minimum atomic E-state index is -0.506. The molecule has 6 heteroatoms. The Morgan fingerprint density at radius 2 is 2.56 bits per heavy atom. The van der Waals surface area contributed by atoms with E-state index >= 15 is 0 Å². The molecule has 0 aromatic heterocycles. The van der Waals surface area contributed by atoms with Gasteiger partial charge in [-0.1, -0.05) is 0 Å². The van der Waals surface area contributed by atoms with E-state index in [0.717, 1.165) is 0 Å². The zero-order chi connectivity index (χ0) is 6.69. The van der Waals surface area contributed by atoms with Crippen molar-refractivity contribution in [3.63, 3.8) is 0 Å². The monoisotopic (exact) mass is 129 g/mol. The van der Waals surface area contributed by atoms with Gasteiger partial charge in [0.1, 0.15) is 5.84 Å². The summed E-state index contributed by atoms with van der Waals surface area (Å²) < 4.78 is 0. The fourth-order valence-electron chi connectivity index (χ4n) is 0.386. The lowest BCUT2D eigenvalue weighted by atomic mass is 10.7. The second kappa shape index (κ2) is 2.51. The third kappa shape index (κ3) is 1.44. The highest BCUT2D eigenvalue weighted by Gasteiger charge is 1.93. The van der Waals surface area contributed by atoms with E-state index in [0.29, 0.717) is 5.84 Å². The van der Waals surface area contributed by atoms with E-state index < -0.39 is 6.29 Å². The maximum absolute atomic E-state index is 4.98. The predicted molar refractivity (Wildman–Crippen MR) is 32.4 cm³/mol. The van der Waals surface area contributed by atoms with E-state index in [9.17, 15) is 0 Å². The number of hydrogen-bond acceptors (Lipinski definition) is 5. The molecule has 0 fully saturated rings. The van der Waals surface area contributed by atoms with E-state index in [1.54, 1.807) is 6.92 Å².